The summed E-state index contributed by atoms with van der Waals surface area (Å²) in [6.45, 7) is 5.22. The molecule has 0 bridgehead atoms. The van der Waals surface area contributed by atoms with Gasteiger partial charge in [-0.2, -0.15) is 0 Å². The van der Waals surface area contributed by atoms with Gasteiger partial charge in [-0.25, -0.2) is 9.37 Å². The fraction of sp³-hybridized carbons (Fsp3) is 0.412. The largest absolute Gasteiger partial charge is 0.342 e. The summed E-state index contributed by atoms with van der Waals surface area (Å²) >= 11 is 1.66. The molecule has 1 aromatic carbocycles. The van der Waals surface area contributed by atoms with Crippen molar-refractivity contribution in [2.75, 3.05) is 13.1 Å². The van der Waals surface area contributed by atoms with E-state index in [0.29, 0.717) is 5.92 Å². The second-order valence-electron chi connectivity index (χ2n) is 5.77. The standard InChI is InChI=1S/C17H19FN2OS/c1-11-16(13-5-3-7-15(18)9-13)19-17(22-11)14-6-4-8-20(10-14)12(2)21/h3,5,7,9,14H,4,6,8,10H2,1-2H3. The number of hydrogen-bond donors (Lipinski definition) is 0. The molecule has 2 aromatic rings. The van der Waals surface area contributed by atoms with E-state index in [4.69, 9.17) is 4.98 Å². The Morgan fingerprint density at radius 2 is 2.27 bits per heavy atom. The minimum Gasteiger partial charge on any atom is -0.342 e. The Morgan fingerprint density at radius 3 is 3.00 bits per heavy atom. The minimum atomic E-state index is -0.244. The van der Waals surface area contributed by atoms with Gasteiger partial charge in [-0.15, -0.1) is 11.3 Å². The van der Waals surface area contributed by atoms with Crippen LogP contribution in [-0.4, -0.2) is 28.9 Å². The summed E-state index contributed by atoms with van der Waals surface area (Å²) in [6, 6.07) is 6.56. The first-order chi connectivity index (χ1) is 10.5. The Bertz CT molecular complexity index is 698. The lowest BCUT2D eigenvalue weighted by atomic mass is 9.98. The molecule has 1 atom stereocenters. The number of hydrogen-bond acceptors (Lipinski definition) is 3. The number of piperidine rings is 1. The van der Waals surface area contributed by atoms with Crippen molar-refractivity contribution in [3.63, 3.8) is 0 Å². The smallest absolute Gasteiger partial charge is 0.219 e. The molecular formula is C17H19FN2OS. The number of carbonyl (C=O) groups is 1. The lowest BCUT2D eigenvalue weighted by Crippen LogP contribution is -2.37. The third-order valence-corrected chi connectivity index (χ3v) is 5.26. The van der Waals surface area contributed by atoms with Crippen LogP contribution in [0.25, 0.3) is 11.3 Å². The van der Waals surface area contributed by atoms with Crippen LogP contribution in [0.2, 0.25) is 0 Å². The number of rotatable bonds is 2. The first kappa shape index (κ1) is 15.2. The first-order valence-electron chi connectivity index (χ1n) is 7.53. The fourth-order valence-electron chi connectivity index (χ4n) is 2.96. The van der Waals surface area contributed by atoms with Crippen LogP contribution in [0.1, 0.15) is 35.6 Å². The van der Waals surface area contributed by atoms with E-state index in [9.17, 15) is 9.18 Å². The average molecular weight is 318 g/mol. The molecule has 1 unspecified atom stereocenters. The van der Waals surface area contributed by atoms with E-state index in [-0.39, 0.29) is 11.7 Å². The number of amides is 1. The molecule has 0 spiro atoms. The highest BCUT2D eigenvalue weighted by atomic mass is 32.1. The van der Waals surface area contributed by atoms with Crippen molar-refractivity contribution in [2.45, 2.75) is 32.6 Å². The lowest BCUT2D eigenvalue weighted by molar-refractivity contribution is -0.130. The van der Waals surface area contributed by atoms with Gasteiger partial charge in [-0.05, 0) is 31.9 Å². The van der Waals surface area contributed by atoms with E-state index >= 15 is 0 Å². The summed E-state index contributed by atoms with van der Waals surface area (Å²) in [7, 11) is 0. The van der Waals surface area contributed by atoms with E-state index in [1.54, 1.807) is 24.3 Å². The van der Waals surface area contributed by atoms with Gasteiger partial charge in [0.25, 0.3) is 0 Å². The van der Waals surface area contributed by atoms with Crippen LogP contribution >= 0.6 is 11.3 Å². The zero-order chi connectivity index (χ0) is 15.7. The van der Waals surface area contributed by atoms with Crippen molar-refractivity contribution < 1.29 is 9.18 Å². The van der Waals surface area contributed by atoms with Gasteiger partial charge in [-0.3, -0.25) is 4.79 Å². The maximum atomic E-state index is 13.4. The maximum absolute atomic E-state index is 13.4. The number of halogens is 1. The summed E-state index contributed by atoms with van der Waals surface area (Å²) in [6.07, 6.45) is 2.07. The molecule has 1 amide bonds. The molecule has 1 aliphatic heterocycles. The predicted octanol–water partition coefficient (Wildman–Crippen LogP) is 3.98. The Balaban J connectivity index is 1.87. The van der Waals surface area contributed by atoms with E-state index in [1.165, 1.54) is 12.1 Å². The van der Waals surface area contributed by atoms with Gasteiger partial charge in [0.1, 0.15) is 5.82 Å². The van der Waals surface area contributed by atoms with Crippen molar-refractivity contribution in [3.05, 3.63) is 40.0 Å². The number of aromatic nitrogens is 1. The van der Waals surface area contributed by atoms with Crippen LogP contribution in [-0.2, 0) is 4.79 Å². The molecule has 116 valence electrons. The van der Waals surface area contributed by atoms with E-state index in [1.807, 2.05) is 17.9 Å². The van der Waals surface area contributed by atoms with Crippen LogP contribution in [0.15, 0.2) is 24.3 Å². The molecule has 1 aliphatic rings. The summed E-state index contributed by atoms with van der Waals surface area (Å²) in [5.74, 6) is 0.180. The quantitative estimate of drug-likeness (QED) is 0.839. The molecule has 22 heavy (non-hydrogen) atoms. The fourth-order valence-corrected chi connectivity index (χ4v) is 4.03. The molecule has 2 heterocycles. The number of aryl methyl sites for hydroxylation is 1. The van der Waals surface area contributed by atoms with Gasteiger partial charge in [-0.1, -0.05) is 12.1 Å². The molecular weight excluding hydrogens is 299 g/mol. The summed E-state index contributed by atoms with van der Waals surface area (Å²) in [5.41, 5.74) is 1.68. The van der Waals surface area contributed by atoms with Gasteiger partial charge < -0.3 is 4.90 Å². The van der Waals surface area contributed by atoms with Gasteiger partial charge in [0, 0.05) is 36.4 Å². The highest BCUT2D eigenvalue weighted by Crippen LogP contribution is 2.35. The molecule has 0 saturated carbocycles. The zero-order valence-electron chi connectivity index (χ0n) is 12.8. The maximum Gasteiger partial charge on any atom is 0.219 e. The monoisotopic (exact) mass is 318 g/mol. The van der Waals surface area contributed by atoms with Gasteiger partial charge in [0.05, 0.1) is 10.7 Å². The number of likely N-dealkylation sites (tertiary alicyclic amines) is 1. The average Bonchev–Trinajstić information content (AvgIpc) is 2.89. The van der Waals surface area contributed by atoms with Crippen molar-refractivity contribution in [1.82, 2.24) is 9.88 Å². The topological polar surface area (TPSA) is 33.2 Å². The number of thiazole rings is 1. The van der Waals surface area contributed by atoms with Crippen LogP contribution in [0.4, 0.5) is 4.39 Å². The Hall–Kier alpha value is -1.75. The molecule has 3 rings (SSSR count). The van der Waals surface area contributed by atoms with E-state index in [0.717, 1.165) is 47.1 Å². The van der Waals surface area contributed by atoms with Crippen LogP contribution in [0.5, 0.6) is 0 Å². The van der Waals surface area contributed by atoms with Crippen molar-refractivity contribution in [1.29, 1.82) is 0 Å². The van der Waals surface area contributed by atoms with E-state index < -0.39 is 0 Å². The second-order valence-corrected chi connectivity index (χ2v) is 7.01. The zero-order valence-corrected chi connectivity index (χ0v) is 13.6. The highest BCUT2D eigenvalue weighted by molar-refractivity contribution is 7.12. The molecule has 1 aromatic heterocycles. The normalized spacial score (nSPS) is 18.5. The number of carbonyl (C=O) groups excluding carboxylic acids is 1. The predicted molar refractivity (Wildman–Crippen MR) is 86.5 cm³/mol. The lowest BCUT2D eigenvalue weighted by Gasteiger charge is -2.30. The Morgan fingerprint density at radius 1 is 1.45 bits per heavy atom. The SMILES string of the molecule is CC(=O)N1CCCC(c2nc(-c3cccc(F)c3)c(C)s2)C1. The van der Waals surface area contributed by atoms with Gasteiger partial charge >= 0.3 is 0 Å². The third-order valence-electron chi connectivity index (χ3n) is 4.13. The molecule has 1 fully saturated rings. The second kappa shape index (κ2) is 6.16. The first-order valence-corrected chi connectivity index (χ1v) is 8.35. The summed E-state index contributed by atoms with van der Waals surface area (Å²) < 4.78 is 13.4. The third kappa shape index (κ3) is 3.04. The van der Waals surface area contributed by atoms with Gasteiger partial charge in [0.15, 0.2) is 0 Å². The highest BCUT2D eigenvalue weighted by Gasteiger charge is 2.26. The van der Waals surface area contributed by atoms with Crippen molar-refractivity contribution >= 4 is 17.2 Å². The molecule has 5 heteroatoms. The number of benzene rings is 1. The molecule has 0 aliphatic carbocycles. The van der Waals surface area contributed by atoms with Crippen LogP contribution < -0.4 is 0 Å². The van der Waals surface area contributed by atoms with E-state index in [2.05, 4.69) is 0 Å². The van der Waals surface area contributed by atoms with Crippen molar-refractivity contribution in [3.8, 4) is 11.3 Å². The van der Waals surface area contributed by atoms with Crippen LogP contribution in [0, 0.1) is 12.7 Å². The molecule has 1 saturated heterocycles. The molecule has 0 N–H and O–H groups in total. The Labute approximate surface area is 133 Å². The Kier molecular flexibility index (Phi) is 4.25. The van der Waals surface area contributed by atoms with Crippen LogP contribution in [0.3, 0.4) is 0 Å². The molecule has 0 radical (unpaired) electrons. The summed E-state index contributed by atoms with van der Waals surface area (Å²) in [5, 5.41) is 1.06. The van der Waals surface area contributed by atoms with Gasteiger partial charge in [0.2, 0.25) is 5.91 Å². The number of nitrogens with zero attached hydrogens (tertiary/aromatic N) is 2. The minimum absolute atomic E-state index is 0.128. The summed E-state index contributed by atoms with van der Waals surface area (Å²) in [4.78, 5) is 19.3. The van der Waals surface area contributed by atoms with Crippen molar-refractivity contribution in [2.24, 2.45) is 0 Å². The molecule has 3 nitrogen and oxygen atoms in total.